The van der Waals surface area contributed by atoms with E-state index in [1.807, 2.05) is 11.9 Å². The number of carbonyl (C=O) groups is 1. The maximum Gasteiger partial charge on any atom is 0.289 e. The highest BCUT2D eigenvalue weighted by atomic mass is 35.5. The minimum absolute atomic E-state index is 0. The quantitative estimate of drug-likeness (QED) is 0.830. The topological polar surface area (TPSA) is 54.7 Å². The monoisotopic (exact) mass is 382 g/mol. The van der Waals surface area contributed by atoms with Gasteiger partial charge in [-0.05, 0) is 68.8 Å². The summed E-state index contributed by atoms with van der Waals surface area (Å²) < 4.78 is 24.0. The highest BCUT2D eigenvalue weighted by Gasteiger charge is 2.25. The van der Waals surface area contributed by atoms with Crippen LogP contribution in [0.25, 0.3) is 0 Å². The van der Waals surface area contributed by atoms with Crippen molar-refractivity contribution in [2.45, 2.75) is 19.4 Å². The van der Waals surface area contributed by atoms with Crippen molar-refractivity contribution in [2.24, 2.45) is 5.92 Å². The van der Waals surface area contributed by atoms with Crippen molar-refractivity contribution in [2.75, 3.05) is 26.7 Å². The van der Waals surface area contributed by atoms with Crippen LogP contribution < -0.4 is 10.1 Å². The molecule has 0 aliphatic carbocycles. The molecule has 0 radical (unpaired) electrons. The first-order valence-electron chi connectivity index (χ1n) is 8.56. The Balaban J connectivity index is 0.00000243. The van der Waals surface area contributed by atoms with Crippen molar-refractivity contribution in [3.63, 3.8) is 0 Å². The number of halogens is 2. The van der Waals surface area contributed by atoms with Gasteiger partial charge in [-0.1, -0.05) is 0 Å². The van der Waals surface area contributed by atoms with Crippen molar-refractivity contribution in [3.8, 4) is 5.75 Å². The second kappa shape index (κ2) is 9.59. The van der Waals surface area contributed by atoms with Gasteiger partial charge < -0.3 is 19.4 Å². The molecule has 1 amide bonds. The molecule has 0 unspecified atom stereocenters. The fraction of sp³-hybridized carbons (Fsp3) is 0.421. The van der Waals surface area contributed by atoms with Crippen LogP contribution in [0, 0.1) is 11.7 Å². The molecule has 1 aliphatic heterocycles. The van der Waals surface area contributed by atoms with E-state index >= 15 is 0 Å². The molecule has 0 bridgehead atoms. The van der Waals surface area contributed by atoms with Gasteiger partial charge in [0.2, 0.25) is 0 Å². The first kappa shape index (κ1) is 20.3. The van der Waals surface area contributed by atoms with Crippen molar-refractivity contribution >= 4 is 18.3 Å². The number of hydrogen-bond donors (Lipinski definition) is 1. The lowest BCUT2D eigenvalue weighted by molar-refractivity contribution is 0.0655. The lowest BCUT2D eigenvalue weighted by Gasteiger charge is -2.31. The fourth-order valence-corrected chi connectivity index (χ4v) is 3.04. The van der Waals surface area contributed by atoms with Crippen LogP contribution in [-0.4, -0.2) is 37.5 Å². The Morgan fingerprint density at radius 3 is 2.58 bits per heavy atom. The number of nitrogens with zero attached hydrogens (tertiary/aromatic N) is 1. The zero-order chi connectivity index (χ0) is 17.6. The van der Waals surface area contributed by atoms with Gasteiger partial charge >= 0.3 is 0 Å². The van der Waals surface area contributed by atoms with Crippen LogP contribution in [0.4, 0.5) is 4.39 Å². The Kier molecular flexibility index (Phi) is 7.48. The van der Waals surface area contributed by atoms with Gasteiger partial charge in [0.25, 0.3) is 5.91 Å². The SMILES string of the molecule is CNCC1CCN(C(=O)c2ccc(COc3ccc(F)cc3)o2)CC1.Cl. The lowest BCUT2D eigenvalue weighted by atomic mass is 9.97. The molecule has 0 atom stereocenters. The summed E-state index contributed by atoms with van der Waals surface area (Å²) in [5.74, 6) is 1.71. The third-order valence-electron chi connectivity index (χ3n) is 4.46. The molecule has 3 rings (SSSR count). The fourth-order valence-electron chi connectivity index (χ4n) is 3.04. The van der Waals surface area contributed by atoms with Crippen LogP contribution in [0.15, 0.2) is 40.8 Å². The largest absolute Gasteiger partial charge is 0.486 e. The summed E-state index contributed by atoms with van der Waals surface area (Å²) in [6, 6.07) is 9.21. The maximum absolute atomic E-state index is 12.9. The smallest absolute Gasteiger partial charge is 0.289 e. The highest BCUT2D eigenvalue weighted by molar-refractivity contribution is 5.91. The van der Waals surface area contributed by atoms with Crippen LogP contribution in [0.3, 0.4) is 0 Å². The molecule has 7 heteroatoms. The molecule has 0 spiro atoms. The van der Waals surface area contributed by atoms with Gasteiger partial charge in [0, 0.05) is 13.1 Å². The summed E-state index contributed by atoms with van der Waals surface area (Å²) in [5.41, 5.74) is 0. The third kappa shape index (κ3) is 5.22. The minimum atomic E-state index is -0.309. The zero-order valence-electron chi connectivity index (χ0n) is 14.7. The number of carbonyl (C=O) groups excluding carboxylic acids is 1. The second-order valence-electron chi connectivity index (χ2n) is 6.30. The van der Waals surface area contributed by atoms with E-state index < -0.39 is 0 Å². The summed E-state index contributed by atoms with van der Waals surface area (Å²) in [4.78, 5) is 14.4. The molecule has 2 heterocycles. The van der Waals surface area contributed by atoms with E-state index in [4.69, 9.17) is 9.15 Å². The zero-order valence-corrected chi connectivity index (χ0v) is 15.6. The number of hydrogen-bond acceptors (Lipinski definition) is 4. The van der Waals surface area contributed by atoms with Gasteiger partial charge in [-0.2, -0.15) is 0 Å². The summed E-state index contributed by atoms with van der Waals surface area (Å²) in [5, 5.41) is 3.19. The number of furan rings is 1. The predicted molar refractivity (Wildman–Crippen MR) is 99.2 cm³/mol. The molecule has 1 aromatic heterocycles. The standard InChI is InChI=1S/C19H23FN2O3.ClH/c1-21-12-14-8-10-22(11-9-14)19(23)18-7-6-17(25-18)13-24-16-4-2-15(20)3-5-16;/h2-7,14,21H,8-13H2,1H3;1H. The lowest BCUT2D eigenvalue weighted by Crippen LogP contribution is -2.40. The number of ether oxygens (including phenoxy) is 1. The van der Waals surface area contributed by atoms with Crippen LogP contribution in [0.2, 0.25) is 0 Å². The van der Waals surface area contributed by atoms with E-state index in [9.17, 15) is 9.18 Å². The number of amides is 1. The summed E-state index contributed by atoms with van der Waals surface area (Å²) in [6.45, 7) is 2.71. The first-order valence-corrected chi connectivity index (χ1v) is 8.56. The average molecular weight is 383 g/mol. The number of benzene rings is 1. The van der Waals surface area contributed by atoms with Crippen LogP contribution in [-0.2, 0) is 6.61 Å². The second-order valence-corrected chi connectivity index (χ2v) is 6.30. The van der Waals surface area contributed by atoms with E-state index in [0.29, 0.717) is 23.2 Å². The molecular formula is C19H24ClFN2O3. The highest BCUT2D eigenvalue weighted by Crippen LogP contribution is 2.20. The molecule has 142 valence electrons. The number of likely N-dealkylation sites (tertiary alicyclic amines) is 1. The molecule has 1 saturated heterocycles. The first-order chi connectivity index (χ1) is 12.2. The molecular weight excluding hydrogens is 359 g/mol. The van der Waals surface area contributed by atoms with Crippen molar-refractivity contribution in [3.05, 3.63) is 53.7 Å². The van der Waals surface area contributed by atoms with Gasteiger partial charge in [-0.15, -0.1) is 12.4 Å². The molecule has 1 fully saturated rings. The summed E-state index contributed by atoms with van der Waals surface area (Å²) >= 11 is 0. The third-order valence-corrected chi connectivity index (χ3v) is 4.46. The van der Waals surface area contributed by atoms with Crippen molar-refractivity contribution in [1.29, 1.82) is 0 Å². The number of nitrogens with one attached hydrogen (secondary N) is 1. The van der Waals surface area contributed by atoms with Gasteiger partial charge in [0.05, 0.1) is 0 Å². The van der Waals surface area contributed by atoms with Crippen molar-refractivity contribution < 1.29 is 18.3 Å². The molecule has 1 N–H and O–H groups in total. The predicted octanol–water partition coefficient (Wildman–Crippen LogP) is 3.49. The Bertz CT molecular complexity index is 697. The maximum atomic E-state index is 12.9. The summed E-state index contributed by atoms with van der Waals surface area (Å²) in [7, 11) is 1.95. The molecule has 26 heavy (non-hydrogen) atoms. The Morgan fingerprint density at radius 2 is 1.92 bits per heavy atom. The molecule has 1 aliphatic rings. The Hall–Kier alpha value is -2.05. The van der Waals surface area contributed by atoms with E-state index in [-0.39, 0.29) is 30.7 Å². The molecule has 5 nitrogen and oxygen atoms in total. The minimum Gasteiger partial charge on any atom is -0.486 e. The van der Waals surface area contributed by atoms with E-state index in [2.05, 4.69) is 5.32 Å². The van der Waals surface area contributed by atoms with Gasteiger partial charge in [0.1, 0.15) is 23.9 Å². The van der Waals surface area contributed by atoms with Crippen LogP contribution in [0.5, 0.6) is 5.75 Å². The molecule has 1 aromatic carbocycles. The Labute approximate surface area is 158 Å². The van der Waals surface area contributed by atoms with Gasteiger partial charge in [0.15, 0.2) is 5.76 Å². The van der Waals surface area contributed by atoms with Crippen molar-refractivity contribution in [1.82, 2.24) is 10.2 Å². The number of rotatable bonds is 6. The van der Waals surface area contributed by atoms with Gasteiger partial charge in [-0.3, -0.25) is 4.79 Å². The average Bonchev–Trinajstić information content (AvgIpc) is 3.11. The molecule has 2 aromatic rings. The van der Waals surface area contributed by atoms with E-state index in [0.717, 1.165) is 32.5 Å². The van der Waals surface area contributed by atoms with E-state index in [1.54, 1.807) is 24.3 Å². The van der Waals surface area contributed by atoms with Gasteiger partial charge in [-0.25, -0.2) is 4.39 Å². The normalized spacial score (nSPS) is 14.8. The van der Waals surface area contributed by atoms with E-state index in [1.165, 1.54) is 12.1 Å². The molecule has 0 saturated carbocycles. The summed E-state index contributed by atoms with van der Waals surface area (Å²) in [6.07, 6.45) is 2.02. The number of piperidine rings is 1. The van der Waals surface area contributed by atoms with Crippen LogP contribution in [0.1, 0.15) is 29.2 Å². The van der Waals surface area contributed by atoms with Crippen LogP contribution >= 0.6 is 12.4 Å². The Morgan fingerprint density at radius 1 is 1.23 bits per heavy atom.